The van der Waals surface area contributed by atoms with Crippen LogP contribution in [0.5, 0.6) is 5.75 Å². The molecule has 0 aliphatic heterocycles. The van der Waals surface area contributed by atoms with Crippen LogP contribution < -0.4 is 4.74 Å². The Morgan fingerprint density at radius 3 is 2.73 bits per heavy atom. The first kappa shape index (κ1) is 13.1. The Morgan fingerprint density at radius 2 is 1.91 bits per heavy atom. The van der Waals surface area contributed by atoms with Crippen LogP contribution in [0.25, 0.3) is 11.3 Å². The van der Waals surface area contributed by atoms with E-state index in [1.165, 1.54) is 22.3 Å². The van der Waals surface area contributed by atoms with E-state index in [1.807, 2.05) is 18.3 Å². The molecule has 0 unspecified atom stereocenters. The summed E-state index contributed by atoms with van der Waals surface area (Å²) in [6.07, 6.45) is 10.1. The Labute approximate surface area is 129 Å². The van der Waals surface area contributed by atoms with Gasteiger partial charge in [-0.2, -0.15) is 0 Å². The fraction of sp³-hybridized carbons (Fsp3) is 0.222. The van der Waals surface area contributed by atoms with Crippen molar-refractivity contribution in [3.8, 4) is 17.0 Å². The largest absolute Gasteiger partial charge is 0.497 e. The molecule has 0 bridgehead atoms. The predicted octanol–water partition coefficient (Wildman–Crippen LogP) is 3.10. The van der Waals surface area contributed by atoms with Crippen LogP contribution in [0.15, 0.2) is 49.2 Å². The summed E-state index contributed by atoms with van der Waals surface area (Å²) in [6.45, 7) is 0.859. The molecule has 1 aromatic carbocycles. The molecule has 2 heterocycles. The minimum absolute atomic E-state index is 0.859. The number of rotatable bonds is 3. The molecule has 0 saturated heterocycles. The van der Waals surface area contributed by atoms with Crippen molar-refractivity contribution < 1.29 is 4.74 Å². The fourth-order valence-corrected chi connectivity index (χ4v) is 3.05. The van der Waals surface area contributed by atoms with Gasteiger partial charge >= 0.3 is 0 Å². The maximum atomic E-state index is 5.20. The molecule has 0 amide bonds. The van der Waals surface area contributed by atoms with Crippen molar-refractivity contribution in [2.45, 2.75) is 19.4 Å². The molecule has 0 atom stereocenters. The number of aromatic nitrogens is 3. The van der Waals surface area contributed by atoms with Crippen LogP contribution in [0.1, 0.15) is 16.7 Å². The molecule has 22 heavy (non-hydrogen) atoms. The Balaban J connectivity index is 1.64. The molecular weight excluding hydrogens is 274 g/mol. The van der Waals surface area contributed by atoms with Crippen molar-refractivity contribution in [1.29, 1.82) is 0 Å². The lowest BCUT2D eigenvalue weighted by Gasteiger charge is -2.13. The summed E-state index contributed by atoms with van der Waals surface area (Å²) in [5.74, 6) is 0.890. The standard InChI is InChI=1S/C18H17N3O/c1-22-16-6-2-13(3-7-16)9-21-10-15-5-4-14-8-19-12-20-18(14)17(15)11-21/h2-3,6-8,10-12H,4-5,9H2,1H3. The summed E-state index contributed by atoms with van der Waals surface area (Å²) in [4.78, 5) is 8.59. The molecule has 0 radical (unpaired) electrons. The summed E-state index contributed by atoms with van der Waals surface area (Å²) < 4.78 is 7.44. The van der Waals surface area contributed by atoms with E-state index in [1.54, 1.807) is 13.4 Å². The Hall–Kier alpha value is -2.62. The third kappa shape index (κ3) is 2.26. The SMILES string of the molecule is COc1ccc(Cn2cc3c(c2)-c2ncncc2CC3)cc1. The van der Waals surface area contributed by atoms with E-state index in [0.29, 0.717) is 0 Å². The highest BCUT2D eigenvalue weighted by Gasteiger charge is 2.19. The van der Waals surface area contributed by atoms with Crippen molar-refractivity contribution >= 4 is 0 Å². The minimum Gasteiger partial charge on any atom is -0.497 e. The smallest absolute Gasteiger partial charge is 0.118 e. The number of hydrogen-bond donors (Lipinski definition) is 0. The van der Waals surface area contributed by atoms with Crippen LogP contribution in [-0.2, 0) is 19.4 Å². The number of benzene rings is 1. The first-order valence-corrected chi connectivity index (χ1v) is 7.44. The number of nitrogens with zero attached hydrogens (tertiary/aromatic N) is 3. The first-order valence-electron chi connectivity index (χ1n) is 7.44. The highest BCUT2D eigenvalue weighted by Crippen LogP contribution is 2.32. The van der Waals surface area contributed by atoms with Gasteiger partial charge in [0, 0.05) is 30.7 Å². The van der Waals surface area contributed by atoms with Gasteiger partial charge in [0.05, 0.1) is 12.8 Å². The predicted molar refractivity (Wildman–Crippen MR) is 85.0 cm³/mol. The zero-order valence-electron chi connectivity index (χ0n) is 12.5. The first-order chi connectivity index (χ1) is 10.8. The van der Waals surface area contributed by atoms with Gasteiger partial charge in [-0.1, -0.05) is 12.1 Å². The van der Waals surface area contributed by atoms with Crippen molar-refractivity contribution in [3.05, 3.63) is 65.9 Å². The second-order valence-electron chi connectivity index (χ2n) is 5.61. The van der Waals surface area contributed by atoms with Crippen molar-refractivity contribution in [2.75, 3.05) is 7.11 Å². The van der Waals surface area contributed by atoms with E-state index in [-0.39, 0.29) is 0 Å². The van der Waals surface area contributed by atoms with Crippen LogP contribution in [0.4, 0.5) is 0 Å². The van der Waals surface area contributed by atoms with E-state index < -0.39 is 0 Å². The average molecular weight is 291 g/mol. The van der Waals surface area contributed by atoms with Crippen molar-refractivity contribution in [3.63, 3.8) is 0 Å². The van der Waals surface area contributed by atoms with E-state index >= 15 is 0 Å². The summed E-state index contributed by atoms with van der Waals surface area (Å²) in [6, 6.07) is 8.21. The Bertz CT molecular complexity index is 805. The molecule has 110 valence electrons. The number of hydrogen-bond acceptors (Lipinski definition) is 3. The van der Waals surface area contributed by atoms with Crippen LogP contribution >= 0.6 is 0 Å². The third-order valence-corrected chi connectivity index (χ3v) is 4.19. The molecule has 4 heteroatoms. The number of methoxy groups -OCH3 is 1. The fourth-order valence-electron chi connectivity index (χ4n) is 3.05. The quantitative estimate of drug-likeness (QED) is 0.744. The Kier molecular flexibility index (Phi) is 3.15. The van der Waals surface area contributed by atoms with Gasteiger partial charge in [-0.05, 0) is 41.7 Å². The summed E-state index contributed by atoms with van der Waals surface area (Å²) in [7, 11) is 1.69. The second kappa shape index (κ2) is 5.30. The van der Waals surface area contributed by atoms with Gasteiger partial charge in [-0.25, -0.2) is 9.97 Å². The third-order valence-electron chi connectivity index (χ3n) is 4.19. The zero-order valence-corrected chi connectivity index (χ0v) is 12.5. The van der Waals surface area contributed by atoms with Gasteiger partial charge < -0.3 is 9.30 Å². The lowest BCUT2D eigenvalue weighted by Crippen LogP contribution is -2.03. The van der Waals surface area contributed by atoms with Gasteiger partial charge in [-0.15, -0.1) is 0 Å². The van der Waals surface area contributed by atoms with Gasteiger partial charge in [0.1, 0.15) is 12.1 Å². The maximum absolute atomic E-state index is 5.20. The Morgan fingerprint density at radius 1 is 1.09 bits per heavy atom. The van der Waals surface area contributed by atoms with E-state index in [0.717, 1.165) is 30.8 Å². The lowest BCUT2D eigenvalue weighted by atomic mass is 9.93. The molecule has 0 N–H and O–H groups in total. The molecule has 1 aliphatic rings. The zero-order chi connectivity index (χ0) is 14.9. The molecule has 0 spiro atoms. The molecule has 3 aromatic rings. The molecule has 2 aromatic heterocycles. The van der Waals surface area contributed by atoms with Gasteiger partial charge in [0.15, 0.2) is 0 Å². The monoisotopic (exact) mass is 291 g/mol. The van der Waals surface area contributed by atoms with Crippen molar-refractivity contribution in [1.82, 2.24) is 14.5 Å². The number of aryl methyl sites for hydroxylation is 2. The number of fused-ring (bicyclic) bond motifs is 3. The normalized spacial score (nSPS) is 12.6. The van der Waals surface area contributed by atoms with Gasteiger partial charge in [0.25, 0.3) is 0 Å². The molecule has 4 rings (SSSR count). The van der Waals surface area contributed by atoms with E-state index in [4.69, 9.17) is 4.74 Å². The topological polar surface area (TPSA) is 39.9 Å². The average Bonchev–Trinajstić information content (AvgIpc) is 2.98. The molecular formula is C18H17N3O. The van der Waals surface area contributed by atoms with Crippen molar-refractivity contribution in [2.24, 2.45) is 0 Å². The van der Waals surface area contributed by atoms with Gasteiger partial charge in [0.2, 0.25) is 0 Å². The summed E-state index contributed by atoms with van der Waals surface area (Å²) in [5, 5.41) is 0. The number of ether oxygens (including phenoxy) is 1. The molecule has 0 saturated carbocycles. The van der Waals surface area contributed by atoms with E-state index in [2.05, 4.69) is 39.1 Å². The van der Waals surface area contributed by atoms with Crippen LogP contribution in [0.2, 0.25) is 0 Å². The maximum Gasteiger partial charge on any atom is 0.118 e. The van der Waals surface area contributed by atoms with Crippen LogP contribution in [0.3, 0.4) is 0 Å². The highest BCUT2D eigenvalue weighted by molar-refractivity contribution is 5.68. The minimum atomic E-state index is 0.859. The van der Waals surface area contributed by atoms with E-state index in [9.17, 15) is 0 Å². The van der Waals surface area contributed by atoms with Gasteiger partial charge in [-0.3, -0.25) is 0 Å². The second-order valence-corrected chi connectivity index (χ2v) is 5.61. The summed E-state index contributed by atoms with van der Waals surface area (Å²) in [5.41, 5.74) is 6.22. The molecule has 1 aliphatic carbocycles. The molecule has 4 nitrogen and oxygen atoms in total. The van der Waals surface area contributed by atoms with Crippen LogP contribution in [-0.4, -0.2) is 21.6 Å². The lowest BCUT2D eigenvalue weighted by molar-refractivity contribution is 0.414. The highest BCUT2D eigenvalue weighted by atomic mass is 16.5. The van der Waals surface area contributed by atoms with Crippen LogP contribution in [0, 0.1) is 0 Å². The summed E-state index contributed by atoms with van der Waals surface area (Å²) >= 11 is 0. The molecule has 0 fully saturated rings.